The Hall–Kier alpha value is -2.32. The van der Waals surface area contributed by atoms with Crippen LogP contribution in [0, 0.1) is 0 Å². The maximum atomic E-state index is 13.2. The van der Waals surface area contributed by atoms with E-state index in [4.69, 9.17) is 0 Å². The lowest BCUT2D eigenvalue weighted by atomic mass is 9.86. The first-order valence-corrected chi connectivity index (χ1v) is 10.2. The fourth-order valence-electron chi connectivity index (χ4n) is 2.99. The second kappa shape index (κ2) is 8.58. The van der Waals surface area contributed by atoms with Crippen molar-refractivity contribution >= 4 is 17.5 Å². The Balaban J connectivity index is 1.84. The second-order valence-corrected chi connectivity index (χ2v) is 9.08. The Bertz CT molecular complexity index is 862. The summed E-state index contributed by atoms with van der Waals surface area (Å²) in [7, 11) is 0. The summed E-state index contributed by atoms with van der Waals surface area (Å²) in [6.07, 6.45) is 0.720. The maximum Gasteiger partial charge on any atom is 0.176 e. The number of rotatable bonds is 6. The van der Waals surface area contributed by atoms with Crippen molar-refractivity contribution in [2.24, 2.45) is 0 Å². The van der Waals surface area contributed by atoms with Gasteiger partial charge in [-0.15, -0.1) is 11.8 Å². The van der Waals surface area contributed by atoms with Crippen LogP contribution in [0.25, 0.3) is 0 Å². The fourth-order valence-corrected chi connectivity index (χ4v) is 4.16. The van der Waals surface area contributed by atoms with Crippen LogP contribution in [0.2, 0.25) is 0 Å². The molecule has 0 aromatic heterocycles. The zero-order valence-corrected chi connectivity index (χ0v) is 17.0. The van der Waals surface area contributed by atoms with Crippen molar-refractivity contribution in [3.8, 4) is 0 Å². The first-order valence-electron chi connectivity index (χ1n) is 9.34. The van der Waals surface area contributed by atoms with Crippen LogP contribution in [-0.2, 0) is 11.8 Å². The number of hydrogen-bond acceptors (Lipinski definition) is 2. The molecule has 3 rings (SSSR count). The monoisotopic (exact) mass is 374 g/mol. The van der Waals surface area contributed by atoms with Gasteiger partial charge in [0.1, 0.15) is 0 Å². The number of Topliss-reactive ketones (excluding diaryl/α,β-unsaturated/α-hetero) is 1. The summed E-state index contributed by atoms with van der Waals surface area (Å²) in [5.41, 5.74) is 3.42. The van der Waals surface area contributed by atoms with Crippen molar-refractivity contribution in [2.45, 2.75) is 42.8 Å². The lowest BCUT2D eigenvalue weighted by Crippen LogP contribution is -2.20. The molecule has 0 heterocycles. The minimum absolute atomic E-state index is 0.135. The molecular formula is C25H26OS. The highest BCUT2D eigenvalue weighted by molar-refractivity contribution is 8.00. The third-order valence-corrected chi connectivity index (χ3v) is 5.82. The van der Waals surface area contributed by atoms with Crippen molar-refractivity contribution in [1.29, 1.82) is 0 Å². The minimum Gasteiger partial charge on any atom is -0.293 e. The maximum absolute atomic E-state index is 13.2. The van der Waals surface area contributed by atoms with Crippen LogP contribution in [0.4, 0.5) is 0 Å². The van der Waals surface area contributed by atoms with E-state index in [9.17, 15) is 4.79 Å². The summed E-state index contributed by atoms with van der Waals surface area (Å²) in [6, 6.07) is 28.5. The van der Waals surface area contributed by atoms with Crippen molar-refractivity contribution < 1.29 is 4.79 Å². The standard InChI is InChI=1S/C25H26OS/c1-25(2,3)21-16-14-19(15-17-21)18-23(27-22-12-8-5-9-13-22)24(26)20-10-6-4-7-11-20/h4-17,23H,18H2,1-3H3. The van der Waals surface area contributed by atoms with E-state index in [0.717, 1.165) is 16.9 Å². The number of benzene rings is 3. The van der Waals surface area contributed by atoms with Crippen LogP contribution < -0.4 is 0 Å². The predicted molar refractivity (Wildman–Crippen MR) is 116 cm³/mol. The molecule has 0 N–H and O–H groups in total. The minimum atomic E-state index is -0.143. The van der Waals surface area contributed by atoms with Gasteiger partial charge in [-0.3, -0.25) is 4.79 Å². The number of thioether (sulfide) groups is 1. The SMILES string of the molecule is CC(C)(C)c1ccc(CC(Sc2ccccc2)C(=O)c2ccccc2)cc1. The van der Waals surface area contributed by atoms with E-state index in [1.807, 2.05) is 48.5 Å². The summed E-state index contributed by atoms with van der Waals surface area (Å²) in [4.78, 5) is 14.3. The van der Waals surface area contributed by atoms with E-state index in [2.05, 4.69) is 57.2 Å². The van der Waals surface area contributed by atoms with Crippen LogP contribution in [0.15, 0.2) is 89.8 Å². The fraction of sp³-hybridized carbons (Fsp3) is 0.240. The molecule has 0 aliphatic rings. The predicted octanol–water partition coefficient (Wildman–Crippen LogP) is 6.57. The molecule has 0 saturated carbocycles. The molecule has 27 heavy (non-hydrogen) atoms. The van der Waals surface area contributed by atoms with Crippen molar-refractivity contribution in [1.82, 2.24) is 0 Å². The number of hydrogen-bond donors (Lipinski definition) is 0. The van der Waals surface area contributed by atoms with Gasteiger partial charge in [-0.2, -0.15) is 0 Å². The molecule has 0 aliphatic heterocycles. The average molecular weight is 375 g/mol. The average Bonchev–Trinajstić information content (AvgIpc) is 2.68. The molecule has 2 heteroatoms. The van der Waals surface area contributed by atoms with E-state index >= 15 is 0 Å². The quantitative estimate of drug-likeness (QED) is 0.358. The lowest BCUT2D eigenvalue weighted by Gasteiger charge is -2.20. The molecule has 3 aromatic rings. The molecular weight excluding hydrogens is 348 g/mol. The van der Waals surface area contributed by atoms with E-state index in [-0.39, 0.29) is 16.4 Å². The Morgan fingerprint density at radius 2 is 1.37 bits per heavy atom. The van der Waals surface area contributed by atoms with Crippen LogP contribution in [-0.4, -0.2) is 11.0 Å². The van der Waals surface area contributed by atoms with Crippen LogP contribution in [0.5, 0.6) is 0 Å². The zero-order chi connectivity index (χ0) is 19.3. The third kappa shape index (κ3) is 5.33. The van der Waals surface area contributed by atoms with Gasteiger partial charge in [0.05, 0.1) is 5.25 Å². The number of ketones is 1. The molecule has 1 nitrogen and oxygen atoms in total. The van der Waals surface area contributed by atoms with Gasteiger partial charge >= 0.3 is 0 Å². The summed E-state index contributed by atoms with van der Waals surface area (Å²) in [6.45, 7) is 6.65. The molecule has 0 spiro atoms. The van der Waals surface area contributed by atoms with Gasteiger partial charge in [0.2, 0.25) is 0 Å². The molecule has 1 atom stereocenters. The number of carbonyl (C=O) groups excluding carboxylic acids is 1. The smallest absolute Gasteiger partial charge is 0.176 e. The molecule has 0 bridgehead atoms. The molecule has 1 unspecified atom stereocenters. The summed E-state index contributed by atoms with van der Waals surface area (Å²) >= 11 is 1.65. The Kier molecular flexibility index (Phi) is 6.18. The first kappa shape index (κ1) is 19.4. The summed E-state index contributed by atoms with van der Waals surface area (Å²) in [5.74, 6) is 0.185. The topological polar surface area (TPSA) is 17.1 Å². The highest BCUT2D eigenvalue weighted by Gasteiger charge is 2.22. The third-order valence-electron chi connectivity index (χ3n) is 4.61. The normalized spacial score (nSPS) is 12.6. The highest BCUT2D eigenvalue weighted by atomic mass is 32.2. The van der Waals surface area contributed by atoms with Gasteiger partial charge in [0.15, 0.2) is 5.78 Å². The van der Waals surface area contributed by atoms with Crippen molar-refractivity contribution in [3.05, 3.63) is 102 Å². The van der Waals surface area contributed by atoms with E-state index in [1.165, 1.54) is 11.1 Å². The van der Waals surface area contributed by atoms with Crippen LogP contribution >= 0.6 is 11.8 Å². The molecule has 0 aliphatic carbocycles. The molecule has 3 aromatic carbocycles. The van der Waals surface area contributed by atoms with Crippen LogP contribution in [0.1, 0.15) is 42.3 Å². The Morgan fingerprint density at radius 3 is 1.93 bits per heavy atom. The lowest BCUT2D eigenvalue weighted by molar-refractivity contribution is 0.0989. The summed E-state index contributed by atoms with van der Waals surface area (Å²) < 4.78 is 0. The van der Waals surface area contributed by atoms with Crippen molar-refractivity contribution in [2.75, 3.05) is 0 Å². The second-order valence-electron chi connectivity index (χ2n) is 7.80. The zero-order valence-electron chi connectivity index (χ0n) is 16.2. The van der Waals surface area contributed by atoms with E-state index < -0.39 is 0 Å². The first-order chi connectivity index (χ1) is 12.9. The van der Waals surface area contributed by atoms with Gasteiger partial charge in [-0.1, -0.05) is 93.6 Å². The number of carbonyl (C=O) groups is 1. The Labute approximate surface area is 166 Å². The van der Waals surface area contributed by atoms with Gasteiger partial charge in [0.25, 0.3) is 0 Å². The van der Waals surface area contributed by atoms with E-state index in [0.29, 0.717) is 0 Å². The van der Waals surface area contributed by atoms with Crippen molar-refractivity contribution in [3.63, 3.8) is 0 Å². The van der Waals surface area contributed by atoms with Gasteiger partial charge < -0.3 is 0 Å². The molecule has 0 amide bonds. The van der Waals surface area contributed by atoms with Crippen LogP contribution in [0.3, 0.4) is 0 Å². The van der Waals surface area contributed by atoms with E-state index in [1.54, 1.807) is 11.8 Å². The molecule has 0 saturated heterocycles. The largest absolute Gasteiger partial charge is 0.293 e. The van der Waals surface area contributed by atoms with Gasteiger partial charge in [-0.25, -0.2) is 0 Å². The summed E-state index contributed by atoms with van der Waals surface area (Å²) in [5, 5.41) is -0.143. The molecule has 138 valence electrons. The molecule has 0 radical (unpaired) electrons. The van der Waals surface area contributed by atoms with Gasteiger partial charge in [0, 0.05) is 10.5 Å². The molecule has 0 fully saturated rings. The van der Waals surface area contributed by atoms with Gasteiger partial charge in [-0.05, 0) is 35.1 Å². The highest BCUT2D eigenvalue weighted by Crippen LogP contribution is 2.29. The Morgan fingerprint density at radius 1 is 0.815 bits per heavy atom.